The quantitative estimate of drug-likeness (QED) is 0.322. The zero-order valence-corrected chi connectivity index (χ0v) is 18.7. The zero-order valence-electron chi connectivity index (χ0n) is 17.1. The molecule has 3 aromatic carbocycles. The standard InChI is InChI=1S/C23H20ClFN4O2S/c1-30-21-8-3-2-7-19(21)22-27-28-23(32)29(22)26-13-15-5-4-6-18(11-15)31-14-16-9-10-17(25)12-20(16)24/h2-12,26H,13-14H2,1H3,(H,28,32). The Bertz CT molecular complexity index is 1290. The van der Waals surface area contributed by atoms with Crippen molar-refractivity contribution in [3.05, 3.63) is 93.5 Å². The van der Waals surface area contributed by atoms with Crippen molar-refractivity contribution in [2.24, 2.45) is 0 Å². The van der Waals surface area contributed by atoms with Crippen molar-refractivity contribution in [1.82, 2.24) is 14.9 Å². The largest absolute Gasteiger partial charge is 0.496 e. The van der Waals surface area contributed by atoms with Crippen LogP contribution in [0.5, 0.6) is 11.5 Å². The van der Waals surface area contributed by atoms with Gasteiger partial charge in [0.25, 0.3) is 0 Å². The number of aromatic nitrogens is 3. The number of halogens is 2. The number of nitrogens with one attached hydrogen (secondary N) is 2. The highest BCUT2D eigenvalue weighted by Crippen LogP contribution is 2.28. The molecule has 0 saturated carbocycles. The second-order valence-corrected chi connectivity index (χ2v) is 7.69. The van der Waals surface area contributed by atoms with E-state index >= 15 is 0 Å². The molecule has 0 spiro atoms. The van der Waals surface area contributed by atoms with Crippen LogP contribution < -0.4 is 14.9 Å². The number of para-hydroxylation sites is 1. The minimum atomic E-state index is -0.378. The number of rotatable bonds is 8. The van der Waals surface area contributed by atoms with E-state index in [9.17, 15) is 4.39 Å². The van der Waals surface area contributed by atoms with Gasteiger partial charge in [-0.25, -0.2) is 14.2 Å². The van der Waals surface area contributed by atoms with Crippen LogP contribution in [0.1, 0.15) is 11.1 Å². The number of methoxy groups -OCH3 is 1. The third-order valence-corrected chi connectivity index (χ3v) is 5.40. The number of aromatic amines is 1. The smallest absolute Gasteiger partial charge is 0.214 e. The summed E-state index contributed by atoms with van der Waals surface area (Å²) in [5.74, 6) is 1.60. The molecule has 4 aromatic rings. The highest BCUT2D eigenvalue weighted by Gasteiger charge is 2.13. The maximum absolute atomic E-state index is 13.2. The zero-order chi connectivity index (χ0) is 22.5. The van der Waals surface area contributed by atoms with Crippen molar-refractivity contribution >= 4 is 23.8 Å². The minimum Gasteiger partial charge on any atom is -0.496 e. The van der Waals surface area contributed by atoms with Crippen LogP contribution in [0.2, 0.25) is 5.02 Å². The summed E-state index contributed by atoms with van der Waals surface area (Å²) in [7, 11) is 1.61. The molecule has 0 fully saturated rings. The number of nitrogens with zero attached hydrogens (tertiary/aromatic N) is 2. The normalized spacial score (nSPS) is 10.7. The second-order valence-electron chi connectivity index (χ2n) is 6.89. The fourth-order valence-electron chi connectivity index (χ4n) is 3.17. The van der Waals surface area contributed by atoms with Crippen LogP contribution in [0.25, 0.3) is 11.4 Å². The molecule has 1 aromatic heterocycles. The number of H-pyrrole nitrogens is 1. The van der Waals surface area contributed by atoms with Crippen molar-refractivity contribution in [3.8, 4) is 22.9 Å². The monoisotopic (exact) mass is 470 g/mol. The highest BCUT2D eigenvalue weighted by molar-refractivity contribution is 7.71. The summed E-state index contributed by atoms with van der Waals surface area (Å²) in [6.07, 6.45) is 0. The van der Waals surface area contributed by atoms with Crippen molar-refractivity contribution in [1.29, 1.82) is 0 Å². The van der Waals surface area contributed by atoms with Gasteiger partial charge in [-0.2, -0.15) is 5.10 Å². The Kier molecular flexibility index (Phi) is 6.72. The van der Waals surface area contributed by atoms with Gasteiger partial charge in [-0.1, -0.05) is 41.9 Å². The molecule has 1 heterocycles. The van der Waals surface area contributed by atoms with Crippen LogP contribution in [0.15, 0.2) is 66.7 Å². The van der Waals surface area contributed by atoms with E-state index in [0.29, 0.717) is 39.2 Å². The Hall–Kier alpha value is -3.36. The van der Waals surface area contributed by atoms with Gasteiger partial charge in [0, 0.05) is 5.56 Å². The molecule has 0 aliphatic carbocycles. The van der Waals surface area contributed by atoms with Crippen molar-refractivity contribution in [2.45, 2.75) is 13.2 Å². The summed E-state index contributed by atoms with van der Waals surface area (Å²) in [5, 5.41) is 7.49. The Morgan fingerprint density at radius 3 is 2.78 bits per heavy atom. The molecule has 0 unspecified atom stereocenters. The van der Waals surface area contributed by atoms with Crippen LogP contribution in [-0.4, -0.2) is 22.0 Å². The van der Waals surface area contributed by atoms with Gasteiger partial charge >= 0.3 is 0 Å². The van der Waals surface area contributed by atoms with Crippen LogP contribution >= 0.6 is 23.8 Å². The highest BCUT2D eigenvalue weighted by atomic mass is 35.5. The van der Waals surface area contributed by atoms with Gasteiger partial charge < -0.3 is 14.9 Å². The lowest BCUT2D eigenvalue weighted by molar-refractivity contribution is 0.306. The summed E-state index contributed by atoms with van der Waals surface area (Å²) >= 11 is 11.5. The van der Waals surface area contributed by atoms with Crippen LogP contribution in [0, 0.1) is 10.6 Å². The summed E-state index contributed by atoms with van der Waals surface area (Å²) in [6, 6.07) is 19.5. The lowest BCUT2D eigenvalue weighted by atomic mass is 10.2. The molecule has 0 bridgehead atoms. The number of hydrogen-bond donors (Lipinski definition) is 2. The molecule has 4 rings (SSSR count). The average Bonchev–Trinajstić information content (AvgIpc) is 3.17. The van der Waals surface area contributed by atoms with Gasteiger partial charge in [-0.05, 0) is 54.2 Å². The van der Waals surface area contributed by atoms with Crippen LogP contribution in [-0.2, 0) is 13.2 Å². The molecule has 0 aliphatic rings. The SMILES string of the molecule is COc1ccccc1-c1n[nH]c(=S)n1NCc1cccc(OCc2ccc(F)cc2Cl)c1. The topological polar surface area (TPSA) is 64.1 Å². The van der Waals surface area contributed by atoms with Gasteiger partial charge in [0.05, 0.1) is 24.2 Å². The molecular formula is C23H20ClFN4O2S. The third-order valence-electron chi connectivity index (χ3n) is 4.77. The van der Waals surface area contributed by atoms with E-state index in [1.54, 1.807) is 17.9 Å². The molecule has 0 saturated heterocycles. The molecule has 32 heavy (non-hydrogen) atoms. The van der Waals surface area contributed by atoms with E-state index in [4.69, 9.17) is 33.3 Å². The van der Waals surface area contributed by atoms with Gasteiger partial charge in [0.1, 0.15) is 23.9 Å². The van der Waals surface area contributed by atoms with E-state index in [1.165, 1.54) is 12.1 Å². The summed E-state index contributed by atoms with van der Waals surface area (Å²) in [4.78, 5) is 0. The summed E-state index contributed by atoms with van der Waals surface area (Å²) in [5.41, 5.74) is 5.78. The van der Waals surface area contributed by atoms with E-state index in [2.05, 4.69) is 15.6 Å². The molecule has 0 amide bonds. The molecule has 164 valence electrons. The molecule has 9 heteroatoms. The maximum atomic E-state index is 13.2. The predicted octanol–water partition coefficient (Wildman–Crippen LogP) is 5.73. The first kappa shape index (κ1) is 21.9. The summed E-state index contributed by atoms with van der Waals surface area (Å²) in [6.45, 7) is 0.714. The Balaban J connectivity index is 1.47. The van der Waals surface area contributed by atoms with Gasteiger partial charge in [-0.3, -0.25) is 0 Å². The predicted molar refractivity (Wildman–Crippen MR) is 125 cm³/mol. The lowest BCUT2D eigenvalue weighted by Crippen LogP contribution is -2.16. The number of benzene rings is 3. The first-order chi connectivity index (χ1) is 15.5. The van der Waals surface area contributed by atoms with E-state index in [-0.39, 0.29) is 12.4 Å². The molecule has 0 radical (unpaired) electrons. The molecule has 2 N–H and O–H groups in total. The van der Waals surface area contributed by atoms with Gasteiger partial charge in [0.15, 0.2) is 5.82 Å². The average molecular weight is 471 g/mol. The lowest BCUT2D eigenvalue weighted by Gasteiger charge is -2.13. The second kappa shape index (κ2) is 9.84. The fourth-order valence-corrected chi connectivity index (χ4v) is 3.59. The van der Waals surface area contributed by atoms with E-state index in [0.717, 1.165) is 11.1 Å². The van der Waals surface area contributed by atoms with Crippen LogP contribution in [0.3, 0.4) is 0 Å². The molecule has 6 nitrogen and oxygen atoms in total. The number of hydrogen-bond acceptors (Lipinski definition) is 5. The minimum absolute atomic E-state index is 0.237. The third kappa shape index (κ3) is 4.92. The molecular weight excluding hydrogens is 451 g/mol. The van der Waals surface area contributed by atoms with E-state index < -0.39 is 0 Å². The van der Waals surface area contributed by atoms with E-state index in [1.807, 2.05) is 48.5 Å². The molecule has 0 atom stereocenters. The molecule has 0 aliphatic heterocycles. The first-order valence-electron chi connectivity index (χ1n) is 9.75. The summed E-state index contributed by atoms with van der Waals surface area (Å²) < 4.78 is 26.6. The van der Waals surface area contributed by atoms with Gasteiger partial charge in [-0.15, -0.1) is 0 Å². The fraction of sp³-hybridized carbons (Fsp3) is 0.130. The maximum Gasteiger partial charge on any atom is 0.214 e. The Morgan fingerprint density at radius 1 is 1.12 bits per heavy atom. The number of ether oxygens (including phenoxy) is 2. The van der Waals surface area contributed by atoms with Crippen molar-refractivity contribution < 1.29 is 13.9 Å². The Morgan fingerprint density at radius 2 is 1.97 bits per heavy atom. The Labute approximate surface area is 194 Å². The van der Waals surface area contributed by atoms with Crippen LogP contribution in [0.4, 0.5) is 4.39 Å². The van der Waals surface area contributed by atoms with Gasteiger partial charge in [0.2, 0.25) is 4.77 Å². The first-order valence-corrected chi connectivity index (χ1v) is 10.5. The van der Waals surface area contributed by atoms with Crippen molar-refractivity contribution in [2.75, 3.05) is 12.5 Å². The van der Waals surface area contributed by atoms with Crippen molar-refractivity contribution in [3.63, 3.8) is 0 Å².